The molecule has 0 atom stereocenters. The van der Waals surface area contributed by atoms with E-state index in [0.717, 1.165) is 15.6 Å². The van der Waals surface area contributed by atoms with Crippen molar-refractivity contribution in [2.24, 2.45) is 4.99 Å². The van der Waals surface area contributed by atoms with Gasteiger partial charge in [-0.3, -0.25) is 4.79 Å². The molecule has 4 aromatic rings. The summed E-state index contributed by atoms with van der Waals surface area (Å²) in [5.41, 5.74) is 4.00. The quantitative estimate of drug-likeness (QED) is 0.487. The first-order chi connectivity index (χ1) is 14.0. The van der Waals surface area contributed by atoms with Crippen LogP contribution in [0, 0.1) is 13.8 Å². The molecule has 0 spiro atoms. The number of thiazole rings is 1. The maximum absolute atomic E-state index is 12.9. The van der Waals surface area contributed by atoms with Crippen molar-refractivity contribution in [2.75, 3.05) is 20.8 Å². The molecule has 0 aliphatic heterocycles. The largest absolute Gasteiger partial charge is 0.493 e. The molecule has 0 saturated heterocycles. The summed E-state index contributed by atoms with van der Waals surface area (Å²) < 4.78 is 19.4. The van der Waals surface area contributed by atoms with Crippen molar-refractivity contribution < 1.29 is 18.7 Å². The van der Waals surface area contributed by atoms with Crippen molar-refractivity contribution in [2.45, 2.75) is 20.4 Å². The van der Waals surface area contributed by atoms with Crippen molar-refractivity contribution in [3.05, 3.63) is 58.1 Å². The number of methoxy groups -OCH3 is 2. The van der Waals surface area contributed by atoms with Crippen LogP contribution in [0.2, 0.25) is 0 Å². The van der Waals surface area contributed by atoms with E-state index in [1.807, 2.05) is 16.7 Å². The fourth-order valence-electron chi connectivity index (χ4n) is 3.25. The molecule has 1 amide bonds. The number of para-hydroxylation sites is 1. The van der Waals surface area contributed by atoms with Gasteiger partial charge in [-0.2, -0.15) is 4.99 Å². The molecule has 0 fully saturated rings. The molecular formula is C22H22N2O4S. The van der Waals surface area contributed by atoms with Gasteiger partial charge in [0, 0.05) is 19.0 Å². The van der Waals surface area contributed by atoms with Gasteiger partial charge in [-0.05, 0) is 49.2 Å². The number of nitrogens with zero attached hydrogens (tertiary/aromatic N) is 2. The van der Waals surface area contributed by atoms with Crippen molar-refractivity contribution in [1.82, 2.24) is 4.57 Å². The van der Waals surface area contributed by atoms with Gasteiger partial charge in [-0.15, -0.1) is 0 Å². The van der Waals surface area contributed by atoms with Crippen molar-refractivity contribution in [1.29, 1.82) is 0 Å². The lowest BCUT2D eigenvalue weighted by molar-refractivity contribution is 0.0973. The normalized spacial score (nSPS) is 12.2. The van der Waals surface area contributed by atoms with Gasteiger partial charge in [-0.25, -0.2) is 0 Å². The highest BCUT2D eigenvalue weighted by Gasteiger charge is 2.16. The van der Waals surface area contributed by atoms with E-state index in [1.165, 1.54) is 22.5 Å². The van der Waals surface area contributed by atoms with E-state index in [9.17, 15) is 4.79 Å². The van der Waals surface area contributed by atoms with Crippen LogP contribution in [-0.4, -0.2) is 31.3 Å². The summed E-state index contributed by atoms with van der Waals surface area (Å²) >= 11 is 1.49. The van der Waals surface area contributed by atoms with Crippen LogP contribution in [0.15, 0.2) is 45.8 Å². The fourth-order valence-corrected chi connectivity index (χ4v) is 4.38. The molecule has 6 nitrogen and oxygen atoms in total. The van der Waals surface area contributed by atoms with Crippen LogP contribution in [0.1, 0.15) is 21.7 Å². The number of hydrogen-bond donors (Lipinski definition) is 0. The lowest BCUT2D eigenvalue weighted by atomic mass is 10.1. The maximum Gasteiger partial charge on any atom is 0.315 e. The Balaban J connectivity index is 1.83. The number of ether oxygens (including phenoxy) is 2. The summed E-state index contributed by atoms with van der Waals surface area (Å²) in [6.45, 7) is 5.30. The van der Waals surface area contributed by atoms with Gasteiger partial charge in [0.05, 0.1) is 23.9 Å². The molecule has 2 aromatic heterocycles. The number of hydrogen-bond acceptors (Lipinski definition) is 5. The maximum atomic E-state index is 12.9. The van der Waals surface area contributed by atoms with Gasteiger partial charge in [-0.1, -0.05) is 23.5 Å². The summed E-state index contributed by atoms with van der Waals surface area (Å²) in [5, 5.41) is 0.803. The Morgan fingerprint density at radius 1 is 1.17 bits per heavy atom. The number of fused-ring (bicyclic) bond motifs is 2. The molecule has 7 heteroatoms. The van der Waals surface area contributed by atoms with Crippen molar-refractivity contribution in [3.8, 4) is 5.75 Å². The highest BCUT2D eigenvalue weighted by atomic mass is 32.1. The van der Waals surface area contributed by atoms with E-state index in [-0.39, 0.29) is 5.76 Å². The van der Waals surface area contributed by atoms with Crippen LogP contribution < -0.4 is 9.54 Å². The van der Waals surface area contributed by atoms with E-state index in [4.69, 9.17) is 13.9 Å². The molecule has 0 saturated carbocycles. The fraction of sp³-hybridized carbons (Fsp3) is 0.273. The molecule has 0 aliphatic carbocycles. The summed E-state index contributed by atoms with van der Waals surface area (Å²) in [5.74, 6) is 0.353. The van der Waals surface area contributed by atoms with Crippen LogP contribution in [0.5, 0.6) is 5.75 Å². The van der Waals surface area contributed by atoms with Crippen molar-refractivity contribution in [3.63, 3.8) is 0 Å². The van der Waals surface area contributed by atoms with Crippen LogP contribution in [-0.2, 0) is 11.3 Å². The smallest absolute Gasteiger partial charge is 0.315 e. The number of aryl methyl sites for hydroxylation is 2. The minimum absolute atomic E-state index is 0.188. The Kier molecular flexibility index (Phi) is 5.25. The first-order valence-corrected chi connectivity index (χ1v) is 10.1. The number of amides is 1. The number of rotatable bonds is 5. The zero-order chi connectivity index (χ0) is 20.5. The van der Waals surface area contributed by atoms with Crippen LogP contribution >= 0.6 is 11.3 Å². The molecule has 4 rings (SSSR count). The van der Waals surface area contributed by atoms with Gasteiger partial charge in [0.15, 0.2) is 21.9 Å². The number of carbonyl (C=O) groups is 1. The van der Waals surface area contributed by atoms with Crippen LogP contribution in [0.25, 0.3) is 21.2 Å². The Morgan fingerprint density at radius 2 is 1.97 bits per heavy atom. The average molecular weight is 410 g/mol. The number of furan rings is 1. The minimum Gasteiger partial charge on any atom is -0.493 e. The van der Waals surface area contributed by atoms with Crippen molar-refractivity contribution >= 4 is 38.4 Å². The Labute approximate surface area is 172 Å². The number of aromatic nitrogens is 1. The third-order valence-corrected chi connectivity index (χ3v) is 5.99. The second-order valence-corrected chi connectivity index (χ2v) is 7.85. The van der Waals surface area contributed by atoms with E-state index in [2.05, 4.69) is 31.0 Å². The van der Waals surface area contributed by atoms with Gasteiger partial charge in [0.2, 0.25) is 0 Å². The summed E-state index contributed by atoms with van der Waals surface area (Å²) in [4.78, 5) is 17.9. The monoisotopic (exact) mass is 410 g/mol. The van der Waals surface area contributed by atoms with Crippen LogP contribution in [0.4, 0.5) is 0 Å². The number of benzene rings is 2. The van der Waals surface area contributed by atoms with E-state index in [0.29, 0.717) is 29.3 Å². The van der Waals surface area contributed by atoms with E-state index < -0.39 is 5.91 Å². The molecule has 0 N–H and O–H groups in total. The second-order valence-electron chi connectivity index (χ2n) is 6.84. The SMILES string of the molecule is COCCn1c(=NC(=O)c2cc3cccc(OC)c3o2)sc2cc(C)c(C)cc21. The standard InChI is InChI=1S/C22H22N2O4S/c1-13-10-16-19(11-14(13)2)29-22(24(16)8-9-26-3)23-21(25)18-12-15-6-5-7-17(27-4)20(15)28-18/h5-7,10-12H,8-9H2,1-4H3. The van der Waals surface area contributed by atoms with Gasteiger partial charge in [0.25, 0.3) is 0 Å². The van der Waals surface area contributed by atoms with Gasteiger partial charge >= 0.3 is 5.91 Å². The Hall–Kier alpha value is -2.90. The number of carbonyl (C=O) groups excluding carboxylic acids is 1. The molecular weight excluding hydrogens is 388 g/mol. The molecule has 29 heavy (non-hydrogen) atoms. The molecule has 2 heterocycles. The molecule has 0 bridgehead atoms. The second kappa shape index (κ2) is 7.85. The molecule has 0 unspecified atom stereocenters. The molecule has 150 valence electrons. The highest BCUT2D eigenvalue weighted by molar-refractivity contribution is 7.16. The highest BCUT2D eigenvalue weighted by Crippen LogP contribution is 2.29. The van der Waals surface area contributed by atoms with Crippen LogP contribution in [0.3, 0.4) is 0 Å². The third kappa shape index (κ3) is 3.59. The first kappa shape index (κ1) is 19.4. The topological polar surface area (TPSA) is 66.0 Å². The third-order valence-electron chi connectivity index (χ3n) is 4.95. The minimum atomic E-state index is -0.422. The molecule has 0 aliphatic rings. The van der Waals surface area contributed by atoms with Gasteiger partial charge in [0.1, 0.15) is 0 Å². The summed E-state index contributed by atoms with van der Waals surface area (Å²) in [7, 11) is 3.23. The zero-order valence-corrected chi connectivity index (χ0v) is 17.6. The predicted molar refractivity (Wildman–Crippen MR) is 114 cm³/mol. The predicted octanol–water partition coefficient (Wildman–Crippen LogP) is 4.46. The Bertz CT molecular complexity index is 1280. The van der Waals surface area contributed by atoms with Gasteiger partial charge < -0.3 is 18.5 Å². The van der Waals surface area contributed by atoms with E-state index >= 15 is 0 Å². The van der Waals surface area contributed by atoms with E-state index in [1.54, 1.807) is 26.4 Å². The summed E-state index contributed by atoms with van der Waals surface area (Å²) in [6, 6.07) is 11.5. The summed E-state index contributed by atoms with van der Waals surface area (Å²) in [6.07, 6.45) is 0. The Morgan fingerprint density at radius 3 is 2.72 bits per heavy atom. The first-order valence-electron chi connectivity index (χ1n) is 9.27. The average Bonchev–Trinajstić information content (AvgIpc) is 3.28. The lowest BCUT2D eigenvalue weighted by Crippen LogP contribution is -2.19. The lowest BCUT2D eigenvalue weighted by Gasteiger charge is -2.06. The zero-order valence-electron chi connectivity index (χ0n) is 16.8. The molecule has 0 radical (unpaired) electrons. The molecule has 2 aromatic carbocycles.